The largest absolute Gasteiger partial charge is 0.455 e. The van der Waals surface area contributed by atoms with Gasteiger partial charge in [0.05, 0.1) is 24.0 Å². The van der Waals surface area contributed by atoms with Crippen LogP contribution in [0.15, 0.2) is 79.9 Å². The van der Waals surface area contributed by atoms with Crippen molar-refractivity contribution in [1.29, 1.82) is 0 Å². The number of nitrogens with zero attached hydrogens (tertiary/aromatic N) is 4. The second kappa shape index (κ2) is 19.4. The zero-order valence-corrected chi connectivity index (χ0v) is 34.9. The van der Waals surface area contributed by atoms with E-state index in [0.717, 1.165) is 31.6 Å². The molecule has 1 spiro atoms. The number of allylic oxidation sites excluding steroid dienone is 1. The Morgan fingerprint density at radius 1 is 1.02 bits per heavy atom. The van der Waals surface area contributed by atoms with E-state index in [1.54, 1.807) is 33.9 Å². The molecule has 3 aliphatic heterocycles. The van der Waals surface area contributed by atoms with Crippen LogP contribution < -0.4 is 9.80 Å². The fraction of sp³-hybridized carbons (Fsp3) is 0.545. The Bertz CT molecular complexity index is 1690. The molecule has 2 bridgehead atoms. The molecule has 3 fully saturated rings. The van der Waals surface area contributed by atoms with Crippen molar-refractivity contribution in [2.75, 3.05) is 49.6 Å². The van der Waals surface area contributed by atoms with Gasteiger partial charge in [-0.25, -0.2) is 0 Å². The molecule has 3 saturated heterocycles. The van der Waals surface area contributed by atoms with E-state index < -0.39 is 47.7 Å². The van der Waals surface area contributed by atoms with Gasteiger partial charge in [0.15, 0.2) is 0 Å². The number of ether oxygens (including phenoxy) is 2. The molecule has 8 atom stereocenters. The van der Waals surface area contributed by atoms with E-state index in [4.69, 9.17) is 9.47 Å². The van der Waals surface area contributed by atoms with Gasteiger partial charge in [-0.15, -0.1) is 13.2 Å². The first-order valence-electron chi connectivity index (χ1n) is 20.1. The normalized spacial score (nSPS) is 24.6. The lowest BCUT2D eigenvalue weighted by Gasteiger charge is -2.37. The van der Waals surface area contributed by atoms with E-state index in [2.05, 4.69) is 47.8 Å². The monoisotopic (exact) mass is 834 g/mol. The summed E-state index contributed by atoms with van der Waals surface area (Å²) >= 11 is 3.79. The van der Waals surface area contributed by atoms with Crippen molar-refractivity contribution >= 4 is 51.0 Å². The van der Waals surface area contributed by atoms with E-state index in [1.165, 1.54) is 0 Å². The number of aliphatic hydroxyl groups is 1. The maximum absolute atomic E-state index is 15.1. The average Bonchev–Trinajstić information content (AvgIpc) is 3.81. The van der Waals surface area contributed by atoms with E-state index >= 15 is 4.79 Å². The van der Waals surface area contributed by atoms with Gasteiger partial charge in [-0.1, -0.05) is 71.3 Å². The number of halogens is 1. The van der Waals surface area contributed by atoms with Gasteiger partial charge in [0, 0.05) is 62.5 Å². The van der Waals surface area contributed by atoms with Gasteiger partial charge in [-0.3, -0.25) is 19.2 Å². The number of carbonyl (C=O) groups excluding carboxylic acids is 4. The molecule has 12 heteroatoms. The van der Waals surface area contributed by atoms with Crippen molar-refractivity contribution in [2.45, 2.75) is 100 Å². The number of hydrogen-bond donors (Lipinski definition) is 1. The third kappa shape index (κ3) is 8.62. The van der Waals surface area contributed by atoms with E-state index in [1.807, 2.05) is 61.5 Å². The van der Waals surface area contributed by atoms with Gasteiger partial charge in [0.2, 0.25) is 11.8 Å². The summed E-state index contributed by atoms with van der Waals surface area (Å²) in [5.41, 5.74) is 1.15. The van der Waals surface area contributed by atoms with Crippen LogP contribution in [0, 0.1) is 11.8 Å². The molecule has 0 aliphatic carbocycles. The molecule has 304 valence electrons. The van der Waals surface area contributed by atoms with Gasteiger partial charge < -0.3 is 34.2 Å². The fourth-order valence-corrected chi connectivity index (χ4v) is 9.76. The van der Waals surface area contributed by atoms with Crippen LogP contribution in [0.3, 0.4) is 0 Å². The number of carbonyl (C=O) groups is 4. The molecule has 5 rings (SSSR count). The van der Waals surface area contributed by atoms with Crippen LogP contribution in [-0.4, -0.2) is 107 Å². The van der Waals surface area contributed by atoms with Crippen molar-refractivity contribution in [3.05, 3.63) is 85.5 Å². The quantitative estimate of drug-likeness (QED) is 0.0660. The Balaban J connectivity index is 1.50. The third-order valence-electron chi connectivity index (χ3n) is 11.8. The zero-order valence-electron chi connectivity index (χ0n) is 33.4. The number of benzene rings is 2. The Kier molecular flexibility index (Phi) is 15.0. The number of esters is 1. The summed E-state index contributed by atoms with van der Waals surface area (Å²) in [6.07, 6.45) is 5.80. The second-order valence-electron chi connectivity index (χ2n) is 15.1. The highest BCUT2D eigenvalue weighted by atomic mass is 79.9. The number of unbranched alkanes of at least 4 members (excludes halogenated alkanes) is 3. The highest BCUT2D eigenvalue weighted by molar-refractivity contribution is 9.09. The van der Waals surface area contributed by atoms with Crippen LogP contribution in [0.2, 0.25) is 0 Å². The molecule has 1 N–H and O–H groups in total. The molecular weight excluding hydrogens is 776 g/mol. The minimum atomic E-state index is -1.28. The summed E-state index contributed by atoms with van der Waals surface area (Å²) in [6, 6.07) is 15.6. The summed E-state index contributed by atoms with van der Waals surface area (Å²) in [5, 5.41) is 9.36. The lowest BCUT2D eigenvalue weighted by Crippen LogP contribution is -2.57. The highest BCUT2D eigenvalue weighted by Gasteiger charge is 2.77. The van der Waals surface area contributed by atoms with Crippen molar-refractivity contribution in [3.8, 4) is 0 Å². The van der Waals surface area contributed by atoms with Gasteiger partial charge >= 0.3 is 5.97 Å². The van der Waals surface area contributed by atoms with Crippen molar-refractivity contribution in [2.24, 2.45) is 11.8 Å². The molecule has 0 radical (unpaired) electrons. The zero-order chi connectivity index (χ0) is 40.6. The highest BCUT2D eigenvalue weighted by Crippen LogP contribution is 2.60. The SMILES string of the molecule is C=CCCC(=O)N(C)[C@H](C)[C@H](OC(=O)[C@@H]1[C@H]2O[C@@]3(CC2Br)[C@H](C(=O)N(CC=C)c2ccc(N(CC)CC)cc2)N(CCCCCCO)C(=O)[C@@H]13)c1ccccc1. The van der Waals surface area contributed by atoms with Crippen LogP contribution >= 0.6 is 15.9 Å². The number of anilines is 2. The van der Waals surface area contributed by atoms with Crippen LogP contribution in [0.4, 0.5) is 11.4 Å². The number of likely N-dealkylation sites (N-methyl/N-ethyl adjacent to an activating group) is 1. The smallest absolute Gasteiger partial charge is 0.313 e. The van der Waals surface area contributed by atoms with Crippen molar-refractivity contribution in [1.82, 2.24) is 9.80 Å². The lowest BCUT2D eigenvalue weighted by atomic mass is 9.70. The lowest BCUT2D eigenvalue weighted by molar-refractivity contribution is -0.164. The molecular formula is C44H59BrN4O7. The molecule has 3 aliphatic rings. The number of fused-ring (bicyclic) bond motifs is 1. The Hall–Kier alpha value is -4.00. The Morgan fingerprint density at radius 3 is 2.30 bits per heavy atom. The van der Waals surface area contributed by atoms with Gasteiger partial charge in [-0.2, -0.15) is 0 Å². The first-order chi connectivity index (χ1) is 27.0. The Labute approximate surface area is 340 Å². The predicted molar refractivity (Wildman–Crippen MR) is 222 cm³/mol. The maximum Gasteiger partial charge on any atom is 0.313 e. The molecule has 2 aromatic carbocycles. The van der Waals surface area contributed by atoms with Crippen molar-refractivity contribution < 1.29 is 33.8 Å². The second-order valence-corrected chi connectivity index (χ2v) is 16.3. The molecule has 1 unspecified atom stereocenters. The fourth-order valence-electron chi connectivity index (χ4n) is 8.82. The standard InChI is InChI=1S/C44H59BrN4O7/c1-7-11-21-35(51)46(6)30(5)38(31-19-15-14-16-20-31)55-43(54)36-37-41(52)49(27-17-12-13-18-28-50)40(44(37)29-34(45)39(36)56-44)42(53)48(26-8-2)33-24-22-32(23-25-33)47(9-3)10-4/h7-8,14-16,19-20,22-25,30,34,36-40,50H,1-2,9-13,17-18,21,26-29H2,3-6H3/t30-,34?,36+,37-,38+,39+,40+,44-/m1/s1. The minimum absolute atomic E-state index is 0.0888. The molecule has 3 amide bonds. The number of rotatable bonds is 21. The number of alkyl halides is 1. The Morgan fingerprint density at radius 2 is 1.68 bits per heavy atom. The number of amides is 3. The summed E-state index contributed by atoms with van der Waals surface area (Å²) in [5.74, 6) is -3.24. The maximum atomic E-state index is 15.1. The summed E-state index contributed by atoms with van der Waals surface area (Å²) in [4.78, 5) is 64.6. The molecule has 0 aromatic heterocycles. The average molecular weight is 836 g/mol. The summed E-state index contributed by atoms with van der Waals surface area (Å²) < 4.78 is 13.2. The first-order valence-corrected chi connectivity index (χ1v) is 21.0. The number of hydrogen-bond acceptors (Lipinski definition) is 8. The van der Waals surface area contributed by atoms with Crippen LogP contribution in [0.25, 0.3) is 0 Å². The predicted octanol–water partition coefficient (Wildman–Crippen LogP) is 6.45. The molecule has 0 saturated carbocycles. The van der Waals surface area contributed by atoms with Crippen LogP contribution in [0.1, 0.15) is 77.4 Å². The topological polar surface area (TPSA) is 120 Å². The van der Waals surface area contributed by atoms with Crippen LogP contribution in [-0.2, 0) is 28.7 Å². The molecule has 56 heavy (non-hydrogen) atoms. The number of aliphatic hydroxyl groups excluding tert-OH is 1. The summed E-state index contributed by atoms with van der Waals surface area (Å²) in [7, 11) is 1.70. The number of likely N-dealkylation sites (tertiary alicyclic amines) is 1. The minimum Gasteiger partial charge on any atom is -0.455 e. The van der Waals surface area contributed by atoms with Gasteiger partial charge in [-0.05, 0) is 76.3 Å². The van der Waals surface area contributed by atoms with Gasteiger partial charge in [0.1, 0.15) is 17.7 Å². The molecule has 3 heterocycles. The van der Waals surface area contributed by atoms with E-state index in [9.17, 15) is 19.5 Å². The van der Waals surface area contributed by atoms with E-state index in [0.29, 0.717) is 43.5 Å². The van der Waals surface area contributed by atoms with Gasteiger partial charge in [0.25, 0.3) is 5.91 Å². The van der Waals surface area contributed by atoms with E-state index in [-0.39, 0.29) is 42.1 Å². The molecule has 11 nitrogen and oxygen atoms in total. The van der Waals surface area contributed by atoms with Crippen molar-refractivity contribution in [3.63, 3.8) is 0 Å². The first kappa shape index (κ1) is 43.1. The van der Waals surface area contributed by atoms with Crippen LogP contribution in [0.5, 0.6) is 0 Å². The molecule has 2 aromatic rings. The third-order valence-corrected chi connectivity index (χ3v) is 12.7. The summed E-state index contributed by atoms with van der Waals surface area (Å²) in [6.45, 7) is 16.0.